The molecule has 3 heterocycles. The van der Waals surface area contributed by atoms with E-state index in [-0.39, 0.29) is 29.8 Å². The molecule has 0 spiro atoms. The summed E-state index contributed by atoms with van der Waals surface area (Å²) in [5, 5.41) is 2.84. The van der Waals surface area contributed by atoms with Crippen LogP contribution in [0.2, 0.25) is 0 Å². The Labute approximate surface area is 180 Å². The van der Waals surface area contributed by atoms with Crippen molar-refractivity contribution < 1.29 is 26.4 Å². The number of carbonyl (C=O) groups is 1. The van der Waals surface area contributed by atoms with E-state index in [4.69, 9.17) is 0 Å². The molecule has 0 saturated carbocycles. The molecule has 0 bridgehead atoms. The predicted molar refractivity (Wildman–Crippen MR) is 109 cm³/mol. The minimum Gasteiger partial charge on any atom is -0.326 e. The Kier molecular flexibility index (Phi) is 5.71. The first kappa shape index (κ1) is 21.7. The number of benzene rings is 1. The molecule has 12 heteroatoms. The predicted octanol–water partition coefficient (Wildman–Crippen LogP) is 3.75. The maximum atomic E-state index is 12.7. The first-order valence-corrected chi connectivity index (χ1v) is 11.6. The summed E-state index contributed by atoms with van der Waals surface area (Å²) in [7, 11) is -3.99. The fraction of sp³-hybridized carbons (Fsp3) is 0.316. The van der Waals surface area contributed by atoms with Crippen LogP contribution in [0.3, 0.4) is 0 Å². The molecule has 1 saturated heterocycles. The number of halogens is 3. The van der Waals surface area contributed by atoms with E-state index >= 15 is 0 Å². The van der Waals surface area contributed by atoms with E-state index < -0.39 is 21.9 Å². The lowest BCUT2D eigenvalue weighted by atomic mass is 9.97. The van der Waals surface area contributed by atoms with E-state index in [1.165, 1.54) is 15.6 Å². The molecule has 4 rings (SSSR count). The van der Waals surface area contributed by atoms with Gasteiger partial charge in [-0.25, -0.2) is 13.4 Å². The Morgan fingerprint density at radius 2 is 1.87 bits per heavy atom. The molecule has 0 aliphatic carbocycles. The minimum absolute atomic E-state index is 0.0898. The second-order valence-corrected chi connectivity index (χ2v) is 9.90. The quantitative estimate of drug-likeness (QED) is 0.627. The van der Waals surface area contributed by atoms with Gasteiger partial charge in [-0.2, -0.15) is 17.5 Å². The molecule has 3 aromatic rings. The van der Waals surface area contributed by atoms with Gasteiger partial charge in [0.05, 0.1) is 15.7 Å². The molecule has 0 unspecified atom stereocenters. The van der Waals surface area contributed by atoms with Gasteiger partial charge in [0.1, 0.15) is 10.6 Å². The molecule has 1 aliphatic heterocycles. The molecular formula is C19H17F3N4O3S2. The Hall–Kier alpha value is -2.57. The lowest BCUT2D eigenvalue weighted by Crippen LogP contribution is -2.41. The van der Waals surface area contributed by atoms with Crippen molar-refractivity contribution in [2.24, 2.45) is 5.92 Å². The molecule has 1 aliphatic rings. The number of piperidine rings is 1. The zero-order valence-corrected chi connectivity index (χ0v) is 17.6. The maximum absolute atomic E-state index is 12.7. The van der Waals surface area contributed by atoms with Gasteiger partial charge < -0.3 is 5.32 Å². The van der Waals surface area contributed by atoms with E-state index in [0.717, 1.165) is 16.3 Å². The van der Waals surface area contributed by atoms with Gasteiger partial charge in [0.2, 0.25) is 15.9 Å². The third kappa shape index (κ3) is 4.55. The number of nitrogens with zero attached hydrogens (tertiary/aromatic N) is 3. The molecule has 7 nitrogen and oxygen atoms in total. The first-order valence-electron chi connectivity index (χ1n) is 9.32. The van der Waals surface area contributed by atoms with E-state index in [9.17, 15) is 26.4 Å². The van der Waals surface area contributed by atoms with Gasteiger partial charge in [-0.1, -0.05) is 0 Å². The number of carbonyl (C=O) groups excluding carboxylic acids is 1. The maximum Gasteiger partial charge on any atom is 0.433 e. The van der Waals surface area contributed by atoms with Gasteiger partial charge in [0.15, 0.2) is 0 Å². The molecule has 0 atom stereocenters. The van der Waals surface area contributed by atoms with Gasteiger partial charge >= 0.3 is 6.18 Å². The zero-order chi connectivity index (χ0) is 22.2. The summed E-state index contributed by atoms with van der Waals surface area (Å²) in [4.78, 5) is 19.7. The van der Waals surface area contributed by atoms with Crippen molar-refractivity contribution in [1.82, 2.24) is 14.3 Å². The smallest absolute Gasteiger partial charge is 0.326 e. The fourth-order valence-electron chi connectivity index (χ4n) is 3.39. The molecule has 0 radical (unpaired) electrons. The number of amides is 1. The summed E-state index contributed by atoms with van der Waals surface area (Å²) in [6.07, 6.45) is -3.32. The Bertz CT molecular complexity index is 1200. The summed E-state index contributed by atoms with van der Waals surface area (Å²) in [5.41, 5.74) is 1.97. The van der Waals surface area contributed by atoms with Crippen molar-refractivity contribution in [2.45, 2.75) is 23.9 Å². The van der Waals surface area contributed by atoms with Crippen LogP contribution < -0.4 is 5.32 Å². The number of alkyl halides is 3. The number of fused-ring (bicyclic) bond motifs is 1. The normalized spacial score (nSPS) is 16.5. The van der Waals surface area contributed by atoms with Gasteiger partial charge in [0.25, 0.3) is 0 Å². The third-order valence-corrected chi connectivity index (χ3v) is 7.78. The lowest BCUT2D eigenvalue weighted by Gasteiger charge is -2.30. The number of aromatic nitrogens is 2. The van der Waals surface area contributed by atoms with Crippen LogP contribution in [0.4, 0.5) is 18.9 Å². The first-order chi connectivity index (χ1) is 14.6. The number of anilines is 1. The van der Waals surface area contributed by atoms with Crippen LogP contribution >= 0.6 is 11.3 Å². The standard InChI is InChI=1S/C19H17F3N4O3S2/c20-19(21,22)17-4-2-14(10-23-17)31(28,29)26-7-5-12(6-8-26)18(27)25-13-1-3-16-15(9-13)24-11-30-16/h1-4,9-12H,5-8H2,(H,25,27). The second kappa shape index (κ2) is 8.17. The average molecular weight is 470 g/mol. The van der Waals surface area contributed by atoms with Crippen molar-refractivity contribution in [3.63, 3.8) is 0 Å². The Morgan fingerprint density at radius 1 is 1.13 bits per heavy atom. The molecule has 31 heavy (non-hydrogen) atoms. The van der Waals surface area contributed by atoms with Crippen LogP contribution in [0, 0.1) is 5.92 Å². The van der Waals surface area contributed by atoms with Gasteiger partial charge in [-0.05, 0) is 43.2 Å². The third-order valence-electron chi connectivity index (χ3n) is 5.09. The largest absolute Gasteiger partial charge is 0.433 e. The number of hydrogen-bond donors (Lipinski definition) is 1. The molecule has 2 aromatic heterocycles. The monoisotopic (exact) mass is 470 g/mol. The van der Waals surface area contributed by atoms with Gasteiger partial charge in [-0.3, -0.25) is 9.78 Å². The second-order valence-electron chi connectivity index (χ2n) is 7.08. The number of sulfonamides is 1. The molecule has 1 aromatic carbocycles. The van der Waals surface area contributed by atoms with Crippen LogP contribution in [0.15, 0.2) is 46.9 Å². The number of thiazole rings is 1. The van der Waals surface area contributed by atoms with E-state index in [2.05, 4.69) is 15.3 Å². The van der Waals surface area contributed by atoms with Crippen LogP contribution in [-0.4, -0.2) is 41.7 Å². The SMILES string of the molecule is O=C(Nc1ccc2scnc2c1)C1CCN(S(=O)(=O)c2ccc(C(F)(F)F)nc2)CC1. The number of hydrogen-bond acceptors (Lipinski definition) is 6. The topological polar surface area (TPSA) is 92.3 Å². The summed E-state index contributed by atoms with van der Waals surface area (Å²) < 4.78 is 65.5. The minimum atomic E-state index is -4.64. The number of rotatable bonds is 4. The average Bonchev–Trinajstić information content (AvgIpc) is 3.21. The van der Waals surface area contributed by atoms with E-state index in [0.29, 0.717) is 30.8 Å². The molecule has 164 valence electrons. The Balaban J connectivity index is 1.38. The van der Waals surface area contributed by atoms with Crippen molar-refractivity contribution in [3.8, 4) is 0 Å². The fourth-order valence-corrected chi connectivity index (χ4v) is 5.46. The van der Waals surface area contributed by atoms with Crippen LogP contribution in [-0.2, 0) is 21.0 Å². The van der Waals surface area contributed by atoms with E-state index in [1.54, 1.807) is 17.6 Å². The van der Waals surface area contributed by atoms with Crippen LogP contribution in [0.1, 0.15) is 18.5 Å². The van der Waals surface area contributed by atoms with Crippen molar-refractivity contribution in [2.75, 3.05) is 18.4 Å². The summed E-state index contributed by atoms with van der Waals surface area (Å²) in [6.45, 7) is 0.180. The highest BCUT2D eigenvalue weighted by Gasteiger charge is 2.35. The lowest BCUT2D eigenvalue weighted by molar-refractivity contribution is -0.141. The van der Waals surface area contributed by atoms with E-state index in [1.807, 2.05) is 6.07 Å². The van der Waals surface area contributed by atoms with Crippen LogP contribution in [0.25, 0.3) is 10.2 Å². The highest BCUT2D eigenvalue weighted by molar-refractivity contribution is 7.89. The summed E-state index contributed by atoms with van der Waals surface area (Å²) in [6, 6.07) is 6.98. The molecular weight excluding hydrogens is 453 g/mol. The molecule has 1 fully saturated rings. The van der Waals surface area contributed by atoms with Gasteiger partial charge in [-0.15, -0.1) is 11.3 Å². The van der Waals surface area contributed by atoms with Crippen molar-refractivity contribution in [3.05, 3.63) is 47.7 Å². The highest BCUT2D eigenvalue weighted by atomic mass is 32.2. The Morgan fingerprint density at radius 3 is 2.52 bits per heavy atom. The highest BCUT2D eigenvalue weighted by Crippen LogP contribution is 2.29. The molecule has 1 N–H and O–H groups in total. The number of pyridine rings is 1. The van der Waals surface area contributed by atoms with Crippen molar-refractivity contribution >= 4 is 43.2 Å². The summed E-state index contributed by atoms with van der Waals surface area (Å²) in [5.74, 6) is -0.578. The number of nitrogens with one attached hydrogen (secondary N) is 1. The van der Waals surface area contributed by atoms with Crippen LogP contribution in [0.5, 0.6) is 0 Å². The zero-order valence-electron chi connectivity index (χ0n) is 16.0. The molecule has 1 amide bonds. The van der Waals surface area contributed by atoms with Crippen molar-refractivity contribution in [1.29, 1.82) is 0 Å². The van der Waals surface area contributed by atoms with Gasteiger partial charge in [0, 0.05) is 30.9 Å². The summed E-state index contributed by atoms with van der Waals surface area (Å²) >= 11 is 1.50.